The van der Waals surface area contributed by atoms with Crippen LogP contribution in [0.4, 0.5) is 0 Å². The van der Waals surface area contributed by atoms with Crippen molar-refractivity contribution in [1.29, 1.82) is 0 Å². The molecular formula is C21H20N4O2S. The van der Waals surface area contributed by atoms with Crippen LogP contribution in [0.3, 0.4) is 0 Å². The minimum absolute atomic E-state index is 0.613. The molecule has 0 aliphatic carbocycles. The van der Waals surface area contributed by atoms with E-state index in [4.69, 9.17) is 8.83 Å². The number of hydrogen-bond acceptors (Lipinski definition) is 6. The Hall–Kier alpha value is -3.06. The van der Waals surface area contributed by atoms with Crippen LogP contribution in [0.2, 0.25) is 0 Å². The van der Waals surface area contributed by atoms with E-state index in [9.17, 15) is 0 Å². The number of rotatable bonds is 7. The van der Waals surface area contributed by atoms with Gasteiger partial charge < -0.3 is 8.83 Å². The number of hydrogen-bond donors (Lipinski definition) is 0. The minimum Gasteiger partial charge on any atom is -0.469 e. The Labute approximate surface area is 167 Å². The Morgan fingerprint density at radius 1 is 1.11 bits per heavy atom. The van der Waals surface area contributed by atoms with E-state index in [2.05, 4.69) is 21.8 Å². The quantitative estimate of drug-likeness (QED) is 0.314. The fourth-order valence-corrected chi connectivity index (χ4v) is 3.85. The van der Waals surface area contributed by atoms with Gasteiger partial charge in [-0.2, -0.15) is 0 Å². The van der Waals surface area contributed by atoms with Gasteiger partial charge in [0.25, 0.3) is 0 Å². The van der Waals surface area contributed by atoms with Crippen molar-refractivity contribution in [3.63, 3.8) is 0 Å². The molecule has 0 radical (unpaired) electrons. The van der Waals surface area contributed by atoms with Crippen molar-refractivity contribution in [2.75, 3.05) is 0 Å². The number of aromatic nitrogens is 4. The number of oxazole rings is 1. The summed E-state index contributed by atoms with van der Waals surface area (Å²) in [7, 11) is 0. The second kappa shape index (κ2) is 7.90. The molecule has 1 aromatic carbocycles. The highest BCUT2D eigenvalue weighted by Crippen LogP contribution is 2.30. The van der Waals surface area contributed by atoms with Gasteiger partial charge in [0.1, 0.15) is 11.5 Å². The molecule has 0 saturated heterocycles. The van der Waals surface area contributed by atoms with Crippen molar-refractivity contribution in [2.24, 2.45) is 0 Å². The molecular weight excluding hydrogens is 372 g/mol. The van der Waals surface area contributed by atoms with Gasteiger partial charge in [-0.1, -0.05) is 36.0 Å². The average molecular weight is 392 g/mol. The van der Waals surface area contributed by atoms with E-state index in [-0.39, 0.29) is 0 Å². The van der Waals surface area contributed by atoms with Crippen LogP contribution in [0.5, 0.6) is 0 Å². The first-order valence-corrected chi connectivity index (χ1v) is 9.89. The maximum Gasteiger partial charge on any atom is 0.226 e. The lowest BCUT2D eigenvalue weighted by atomic mass is 10.2. The van der Waals surface area contributed by atoms with Gasteiger partial charge in [-0.05, 0) is 32.0 Å². The minimum atomic E-state index is 0.613. The van der Waals surface area contributed by atoms with E-state index >= 15 is 0 Å². The molecule has 0 unspecified atom stereocenters. The Balaban J connectivity index is 1.57. The summed E-state index contributed by atoms with van der Waals surface area (Å²) in [6.07, 6.45) is 3.50. The molecule has 6 nitrogen and oxygen atoms in total. The lowest BCUT2D eigenvalue weighted by Crippen LogP contribution is -2.01. The van der Waals surface area contributed by atoms with Crippen molar-refractivity contribution in [3.05, 3.63) is 72.5 Å². The standard InChI is InChI=1S/C21H20N4O2S/c1-4-11-25-19(17-10-12-26-14(17)2)23-24-21(25)28-13-18-15(3)27-20(22-18)16-8-6-5-7-9-16/h4-10,12H,1,11,13H2,2-3H3. The van der Waals surface area contributed by atoms with Crippen molar-refractivity contribution in [3.8, 4) is 22.8 Å². The van der Waals surface area contributed by atoms with Gasteiger partial charge in [0.15, 0.2) is 11.0 Å². The summed E-state index contributed by atoms with van der Waals surface area (Å²) >= 11 is 1.58. The third-order valence-corrected chi connectivity index (χ3v) is 5.36. The Morgan fingerprint density at radius 2 is 1.93 bits per heavy atom. The predicted octanol–water partition coefficient (Wildman–Crippen LogP) is 5.29. The van der Waals surface area contributed by atoms with Crippen LogP contribution in [0.1, 0.15) is 17.2 Å². The average Bonchev–Trinajstić information content (AvgIpc) is 3.40. The summed E-state index contributed by atoms with van der Waals surface area (Å²) in [5.41, 5.74) is 2.80. The first-order valence-electron chi connectivity index (χ1n) is 8.90. The number of thioether (sulfide) groups is 1. The van der Waals surface area contributed by atoms with Crippen LogP contribution in [-0.2, 0) is 12.3 Å². The van der Waals surface area contributed by atoms with Crippen LogP contribution in [0, 0.1) is 13.8 Å². The molecule has 4 rings (SSSR count). The maximum atomic E-state index is 5.85. The third kappa shape index (κ3) is 3.53. The fraction of sp³-hybridized carbons (Fsp3) is 0.190. The lowest BCUT2D eigenvalue weighted by molar-refractivity contribution is 0.534. The van der Waals surface area contributed by atoms with E-state index in [0.717, 1.165) is 39.3 Å². The van der Waals surface area contributed by atoms with Gasteiger partial charge in [-0.3, -0.25) is 4.57 Å². The van der Waals surface area contributed by atoms with Gasteiger partial charge in [0.05, 0.1) is 17.5 Å². The Bertz CT molecular complexity index is 1100. The summed E-state index contributed by atoms with van der Waals surface area (Å²) in [4.78, 5) is 4.66. The van der Waals surface area contributed by atoms with Gasteiger partial charge in [-0.25, -0.2) is 4.98 Å². The van der Waals surface area contributed by atoms with Crippen LogP contribution >= 0.6 is 11.8 Å². The highest BCUT2D eigenvalue weighted by molar-refractivity contribution is 7.98. The Kier molecular flexibility index (Phi) is 5.16. The molecule has 0 aliphatic heterocycles. The van der Waals surface area contributed by atoms with Crippen LogP contribution in [-0.4, -0.2) is 19.7 Å². The number of aryl methyl sites for hydroxylation is 2. The van der Waals surface area contributed by atoms with Crippen molar-refractivity contribution in [1.82, 2.24) is 19.7 Å². The molecule has 0 aliphatic rings. The summed E-state index contributed by atoms with van der Waals surface area (Å²) in [5.74, 6) is 3.68. The molecule has 4 aromatic rings. The highest BCUT2D eigenvalue weighted by atomic mass is 32.2. The molecule has 0 saturated carbocycles. The van der Waals surface area contributed by atoms with E-state index in [1.807, 2.05) is 60.9 Å². The third-order valence-electron chi connectivity index (χ3n) is 4.38. The monoisotopic (exact) mass is 392 g/mol. The zero-order valence-corrected chi connectivity index (χ0v) is 16.6. The molecule has 0 amide bonds. The predicted molar refractivity (Wildman–Crippen MR) is 109 cm³/mol. The number of furan rings is 1. The molecule has 3 aromatic heterocycles. The van der Waals surface area contributed by atoms with Crippen molar-refractivity contribution in [2.45, 2.75) is 31.3 Å². The molecule has 28 heavy (non-hydrogen) atoms. The summed E-state index contributed by atoms with van der Waals surface area (Å²) in [6, 6.07) is 11.8. The second-order valence-electron chi connectivity index (χ2n) is 6.27. The van der Waals surface area contributed by atoms with E-state index in [0.29, 0.717) is 18.2 Å². The topological polar surface area (TPSA) is 69.9 Å². The zero-order valence-electron chi connectivity index (χ0n) is 15.8. The SMILES string of the molecule is C=CCn1c(SCc2nc(-c3ccccc3)oc2C)nnc1-c1ccoc1C. The lowest BCUT2D eigenvalue weighted by Gasteiger charge is -2.06. The first kappa shape index (κ1) is 18.3. The van der Waals surface area contributed by atoms with Crippen LogP contribution in [0.25, 0.3) is 22.8 Å². The smallest absolute Gasteiger partial charge is 0.226 e. The molecule has 0 atom stereocenters. The number of allylic oxidation sites excluding steroid dienone is 1. The largest absolute Gasteiger partial charge is 0.469 e. The van der Waals surface area contributed by atoms with E-state index in [1.54, 1.807) is 18.0 Å². The molecule has 142 valence electrons. The van der Waals surface area contributed by atoms with Crippen molar-refractivity contribution >= 4 is 11.8 Å². The molecule has 0 spiro atoms. The Morgan fingerprint density at radius 3 is 2.64 bits per heavy atom. The number of nitrogens with zero attached hydrogens (tertiary/aromatic N) is 4. The number of benzene rings is 1. The summed E-state index contributed by atoms with van der Waals surface area (Å²) < 4.78 is 13.3. The van der Waals surface area contributed by atoms with E-state index < -0.39 is 0 Å². The van der Waals surface area contributed by atoms with Gasteiger partial charge in [-0.15, -0.1) is 16.8 Å². The van der Waals surface area contributed by atoms with E-state index in [1.165, 1.54) is 0 Å². The molecule has 3 heterocycles. The maximum absolute atomic E-state index is 5.85. The molecule has 0 N–H and O–H groups in total. The summed E-state index contributed by atoms with van der Waals surface area (Å²) in [6.45, 7) is 8.32. The molecule has 0 bridgehead atoms. The molecule has 7 heteroatoms. The van der Waals surface area contributed by atoms with Gasteiger partial charge in [0.2, 0.25) is 5.89 Å². The zero-order chi connectivity index (χ0) is 19.5. The fourth-order valence-electron chi connectivity index (χ4n) is 2.90. The van der Waals surface area contributed by atoms with Crippen LogP contribution < -0.4 is 0 Å². The second-order valence-corrected chi connectivity index (χ2v) is 7.22. The van der Waals surface area contributed by atoms with Gasteiger partial charge in [0, 0.05) is 17.9 Å². The van der Waals surface area contributed by atoms with Crippen LogP contribution in [0.15, 0.2) is 69.3 Å². The highest BCUT2D eigenvalue weighted by Gasteiger charge is 2.18. The van der Waals surface area contributed by atoms with Crippen molar-refractivity contribution < 1.29 is 8.83 Å². The molecule has 0 fully saturated rings. The first-order chi connectivity index (χ1) is 13.7. The summed E-state index contributed by atoms with van der Waals surface area (Å²) in [5, 5.41) is 9.54. The van der Waals surface area contributed by atoms with Gasteiger partial charge >= 0.3 is 0 Å². The normalized spacial score (nSPS) is 11.1.